The summed E-state index contributed by atoms with van der Waals surface area (Å²) < 4.78 is 0. The zero-order chi connectivity index (χ0) is 13.9. The fourth-order valence-electron chi connectivity index (χ4n) is 2.27. The summed E-state index contributed by atoms with van der Waals surface area (Å²) in [7, 11) is 0. The van der Waals surface area contributed by atoms with Crippen LogP contribution in [0.5, 0.6) is 0 Å². The van der Waals surface area contributed by atoms with Crippen LogP contribution < -0.4 is 0 Å². The predicted molar refractivity (Wildman–Crippen MR) is 80.8 cm³/mol. The van der Waals surface area contributed by atoms with Gasteiger partial charge in [-0.1, -0.05) is 60.8 Å². The van der Waals surface area contributed by atoms with Gasteiger partial charge in [-0.15, -0.1) is 0 Å². The van der Waals surface area contributed by atoms with E-state index in [2.05, 4.69) is 6.92 Å². The van der Waals surface area contributed by atoms with Crippen LogP contribution in [0.4, 0.5) is 0 Å². The third kappa shape index (κ3) is 3.11. The molecule has 0 aliphatic carbocycles. The van der Waals surface area contributed by atoms with Gasteiger partial charge in [0, 0.05) is 10.0 Å². The lowest BCUT2D eigenvalue weighted by Gasteiger charge is -2.29. The molecule has 1 nitrogen and oxygen atoms in total. The average Bonchev–Trinajstić information content (AvgIpc) is 2.40. The van der Waals surface area contributed by atoms with Crippen LogP contribution in [0.25, 0.3) is 0 Å². The second-order valence-corrected chi connectivity index (χ2v) is 5.50. The molecule has 0 unspecified atom stereocenters. The lowest BCUT2D eigenvalue weighted by molar-refractivity contribution is 0.0702. The Kier molecular flexibility index (Phi) is 4.51. The predicted octanol–water partition coefficient (Wildman–Crippen LogP) is 5.03. The lowest BCUT2D eigenvalue weighted by atomic mass is 9.83. The van der Waals surface area contributed by atoms with E-state index in [4.69, 9.17) is 23.2 Å². The Hall–Kier alpha value is -1.02. The number of aliphatic hydroxyl groups is 1. The first kappa shape index (κ1) is 14.4. The van der Waals surface area contributed by atoms with Crippen molar-refractivity contribution in [2.45, 2.75) is 25.4 Å². The molecule has 0 aromatic heterocycles. The van der Waals surface area contributed by atoms with Gasteiger partial charge in [0.15, 0.2) is 0 Å². The van der Waals surface area contributed by atoms with Crippen molar-refractivity contribution in [2.24, 2.45) is 0 Å². The summed E-state index contributed by atoms with van der Waals surface area (Å²) in [6, 6.07) is 14.7. The second kappa shape index (κ2) is 5.96. The number of benzene rings is 2. The quantitative estimate of drug-likeness (QED) is 0.838. The van der Waals surface area contributed by atoms with Crippen molar-refractivity contribution >= 4 is 23.2 Å². The van der Waals surface area contributed by atoms with Crippen LogP contribution in [0.3, 0.4) is 0 Å². The topological polar surface area (TPSA) is 20.2 Å². The molecule has 2 aromatic rings. The van der Waals surface area contributed by atoms with Crippen LogP contribution >= 0.6 is 23.2 Å². The Balaban J connectivity index is 2.47. The van der Waals surface area contributed by atoms with E-state index >= 15 is 0 Å². The van der Waals surface area contributed by atoms with Gasteiger partial charge < -0.3 is 5.11 Å². The van der Waals surface area contributed by atoms with Crippen LogP contribution in [0.2, 0.25) is 10.0 Å². The highest BCUT2D eigenvalue weighted by molar-refractivity contribution is 6.30. The number of hydrogen-bond donors (Lipinski definition) is 1. The largest absolute Gasteiger partial charge is 0.380 e. The minimum atomic E-state index is -0.996. The standard InChI is InChI=1S/C16H16Cl2O/c1-2-11-16(19,12-3-7-14(17)8-4-12)13-5-9-15(18)10-6-13/h3-10,19H,2,11H2,1H3. The Morgan fingerprint density at radius 2 is 1.21 bits per heavy atom. The number of hydrogen-bond acceptors (Lipinski definition) is 1. The van der Waals surface area contributed by atoms with Crippen molar-refractivity contribution in [3.05, 3.63) is 69.7 Å². The molecule has 0 fully saturated rings. The summed E-state index contributed by atoms with van der Waals surface area (Å²) >= 11 is 11.8. The molecule has 1 N–H and O–H groups in total. The minimum absolute atomic E-state index is 0.649. The monoisotopic (exact) mass is 294 g/mol. The Morgan fingerprint density at radius 1 is 0.842 bits per heavy atom. The lowest BCUT2D eigenvalue weighted by Crippen LogP contribution is -2.26. The van der Waals surface area contributed by atoms with E-state index in [1.165, 1.54) is 0 Å². The first-order chi connectivity index (χ1) is 9.06. The number of rotatable bonds is 4. The number of halogens is 2. The third-order valence-electron chi connectivity index (χ3n) is 3.26. The molecule has 2 rings (SSSR count). The summed E-state index contributed by atoms with van der Waals surface area (Å²) in [4.78, 5) is 0. The fraction of sp³-hybridized carbons (Fsp3) is 0.250. The normalized spacial score (nSPS) is 11.6. The zero-order valence-corrected chi connectivity index (χ0v) is 12.2. The summed E-state index contributed by atoms with van der Waals surface area (Å²) in [5.74, 6) is 0. The molecular weight excluding hydrogens is 279 g/mol. The van der Waals surface area contributed by atoms with E-state index in [1.807, 2.05) is 24.3 Å². The molecule has 0 spiro atoms. The molecule has 19 heavy (non-hydrogen) atoms. The van der Waals surface area contributed by atoms with Crippen molar-refractivity contribution < 1.29 is 5.11 Å². The average molecular weight is 295 g/mol. The van der Waals surface area contributed by atoms with Gasteiger partial charge in [-0.2, -0.15) is 0 Å². The van der Waals surface area contributed by atoms with E-state index in [9.17, 15) is 5.11 Å². The Morgan fingerprint density at radius 3 is 1.53 bits per heavy atom. The van der Waals surface area contributed by atoms with Gasteiger partial charge in [0.25, 0.3) is 0 Å². The van der Waals surface area contributed by atoms with Crippen molar-refractivity contribution in [3.8, 4) is 0 Å². The maximum Gasteiger partial charge on any atom is 0.115 e. The molecular formula is C16H16Cl2O. The van der Waals surface area contributed by atoms with Crippen molar-refractivity contribution in [1.82, 2.24) is 0 Å². The second-order valence-electron chi connectivity index (χ2n) is 4.62. The highest BCUT2D eigenvalue weighted by Gasteiger charge is 2.30. The third-order valence-corrected chi connectivity index (χ3v) is 3.76. The molecule has 0 amide bonds. The van der Waals surface area contributed by atoms with Crippen molar-refractivity contribution in [3.63, 3.8) is 0 Å². The maximum atomic E-state index is 11.0. The summed E-state index contributed by atoms with van der Waals surface area (Å²) in [5, 5.41) is 12.4. The highest BCUT2D eigenvalue weighted by Crippen LogP contribution is 2.35. The van der Waals surface area contributed by atoms with Crippen LogP contribution in [0.1, 0.15) is 30.9 Å². The summed E-state index contributed by atoms with van der Waals surface area (Å²) in [5.41, 5.74) is 0.700. The molecule has 0 aliphatic rings. The van der Waals surface area contributed by atoms with Crippen LogP contribution in [0.15, 0.2) is 48.5 Å². The van der Waals surface area contributed by atoms with Crippen LogP contribution in [-0.2, 0) is 5.60 Å². The Bertz CT molecular complexity index is 486. The van der Waals surface area contributed by atoms with E-state index in [0.29, 0.717) is 16.5 Å². The Labute approximate surface area is 123 Å². The molecule has 0 atom stereocenters. The fourth-order valence-corrected chi connectivity index (χ4v) is 2.52. The van der Waals surface area contributed by atoms with Gasteiger partial charge in [-0.05, 0) is 41.8 Å². The van der Waals surface area contributed by atoms with Gasteiger partial charge in [0.1, 0.15) is 5.60 Å². The van der Waals surface area contributed by atoms with Crippen molar-refractivity contribution in [2.75, 3.05) is 0 Å². The van der Waals surface area contributed by atoms with Crippen LogP contribution in [0, 0.1) is 0 Å². The SMILES string of the molecule is CCCC(O)(c1ccc(Cl)cc1)c1ccc(Cl)cc1. The van der Waals surface area contributed by atoms with Crippen molar-refractivity contribution in [1.29, 1.82) is 0 Å². The zero-order valence-electron chi connectivity index (χ0n) is 10.7. The van der Waals surface area contributed by atoms with Gasteiger partial charge in [-0.25, -0.2) is 0 Å². The van der Waals surface area contributed by atoms with E-state index in [-0.39, 0.29) is 0 Å². The van der Waals surface area contributed by atoms with E-state index in [0.717, 1.165) is 17.5 Å². The first-order valence-electron chi connectivity index (χ1n) is 6.30. The smallest absolute Gasteiger partial charge is 0.115 e. The summed E-state index contributed by atoms with van der Waals surface area (Å²) in [6.45, 7) is 2.05. The molecule has 0 saturated heterocycles. The first-order valence-corrected chi connectivity index (χ1v) is 7.06. The maximum absolute atomic E-state index is 11.0. The molecule has 2 aromatic carbocycles. The van der Waals surface area contributed by atoms with E-state index < -0.39 is 5.60 Å². The van der Waals surface area contributed by atoms with Crippen LogP contribution in [-0.4, -0.2) is 5.11 Å². The van der Waals surface area contributed by atoms with Gasteiger partial charge in [0.05, 0.1) is 0 Å². The minimum Gasteiger partial charge on any atom is -0.380 e. The van der Waals surface area contributed by atoms with E-state index in [1.54, 1.807) is 24.3 Å². The van der Waals surface area contributed by atoms with Gasteiger partial charge in [0.2, 0.25) is 0 Å². The molecule has 0 radical (unpaired) electrons. The van der Waals surface area contributed by atoms with Gasteiger partial charge in [-0.3, -0.25) is 0 Å². The highest BCUT2D eigenvalue weighted by atomic mass is 35.5. The molecule has 0 bridgehead atoms. The molecule has 3 heteroatoms. The van der Waals surface area contributed by atoms with Gasteiger partial charge >= 0.3 is 0 Å². The molecule has 0 heterocycles. The molecule has 0 saturated carbocycles. The molecule has 0 aliphatic heterocycles. The molecule has 100 valence electrons. The summed E-state index contributed by atoms with van der Waals surface area (Å²) in [6.07, 6.45) is 1.53.